The average Bonchev–Trinajstić information content (AvgIpc) is 3.21. The molecule has 0 spiro atoms. The number of aliphatic hydroxyl groups excluding tert-OH is 1. The van der Waals surface area contributed by atoms with Crippen LogP contribution in [0, 0.1) is 5.92 Å². The van der Waals surface area contributed by atoms with Gasteiger partial charge in [0.15, 0.2) is 6.10 Å². The normalized spacial score (nSPS) is 19.3. The van der Waals surface area contributed by atoms with Gasteiger partial charge in [-0.05, 0) is 18.2 Å². The SMILES string of the molecule is NONc1ccc(-c2nc(C(O)C(F)(F)F)cs2)cc1N1CC(CN2CCOCC2)C1. The molecule has 0 aliphatic carbocycles. The van der Waals surface area contributed by atoms with Crippen molar-refractivity contribution in [1.29, 1.82) is 0 Å². The van der Waals surface area contributed by atoms with E-state index in [2.05, 4.69) is 25.2 Å². The van der Waals surface area contributed by atoms with E-state index in [9.17, 15) is 18.3 Å². The van der Waals surface area contributed by atoms with Gasteiger partial charge in [-0.1, -0.05) is 0 Å². The minimum atomic E-state index is -4.75. The Morgan fingerprint density at radius 1 is 1.32 bits per heavy atom. The van der Waals surface area contributed by atoms with Crippen LogP contribution in [0.4, 0.5) is 24.5 Å². The highest BCUT2D eigenvalue weighted by Gasteiger charge is 2.41. The molecule has 3 heterocycles. The summed E-state index contributed by atoms with van der Waals surface area (Å²) >= 11 is 1.05. The quantitative estimate of drug-likeness (QED) is 0.544. The number of alkyl halides is 3. The summed E-state index contributed by atoms with van der Waals surface area (Å²) in [5.41, 5.74) is 4.38. The lowest BCUT2D eigenvalue weighted by Gasteiger charge is -2.44. The summed E-state index contributed by atoms with van der Waals surface area (Å²) in [4.78, 5) is 13.1. The van der Waals surface area contributed by atoms with Crippen LogP contribution in [0.25, 0.3) is 10.6 Å². The summed E-state index contributed by atoms with van der Waals surface area (Å²) < 4.78 is 43.7. The average molecular weight is 459 g/mol. The Labute approximate surface area is 181 Å². The largest absolute Gasteiger partial charge is 0.420 e. The third kappa shape index (κ3) is 5.10. The number of anilines is 2. The molecule has 1 aromatic carbocycles. The van der Waals surface area contributed by atoms with Crippen LogP contribution in [0.1, 0.15) is 11.8 Å². The van der Waals surface area contributed by atoms with Gasteiger partial charge in [0, 0.05) is 49.6 Å². The molecule has 170 valence electrons. The molecule has 2 aliphatic rings. The van der Waals surface area contributed by atoms with Gasteiger partial charge in [-0.3, -0.25) is 4.90 Å². The van der Waals surface area contributed by atoms with E-state index in [1.54, 1.807) is 12.1 Å². The first-order valence-corrected chi connectivity index (χ1v) is 10.7. The zero-order chi connectivity index (χ0) is 22.0. The van der Waals surface area contributed by atoms with Gasteiger partial charge in [0.2, 0.25) is 0 Å². The predicted molar refractivity (Wildman–Crippen MR) is 110 cm³/mol. The van der Waals surface area contributed by atoms with Gasteiger partial charge in [-0.25, -0.2) is 10.5 Å². The van der Waals surface area contributed by atoms with Crippen molar-refractivity contribution in [1.82, 2.24) is 9.88 Å². The standard InChI is InChI=1S/C19H24F3N5O3S/c20-19(21,22)17(28)15-11-31-18(24-15)13-1-2-14(25-30-23)16(7-13)27-9-12(10-27)8-26-3-5-29-6-4-26/h1-2,7,11-12,17,25,28H,3-6,8-10,23H2. The van der Waals surface area contributed by atoms with Gasteiger partial charge >= 0.3 is 6.18 Å². The number of benzene rings is 1. The summed E-state index contributed by atoms with van der Waals surface area (Å²) in [5.74, 6) is 5.69. The van der Waals surface area contributed by atoms with Crippen molar-refractivity contribution < 1.29 is 28.0 Å². The van der Waals surface area contributed by atoms with Crippen LogP contribution >= 0.6 is 11.3 Å². The van der Waals surface area contributed by atoms with Crippen LogP contribution in [0.2, 0.25) is 0 Å². The molecule has 0 radical (unpaired) electrons. The summed E-state index contributed by atoms with van der Waals surface area (Å²) in [6.45, 7) is 6.09. The van der Waals surface area contributed by atoms with E-state index < -0.39 is 18.0 Å². The maximum absolute atomic E-state index is 12.8. The van der Waals surface area contributed by atoms with E-state index in [4.69, 9.17) is 10.6 Å². The maximum atomic E-state index is 12.8. The molecule has 2 aliphatic heterocycles. The lowest BCUT2D eigenvalue weighted by Crippen LogP contribution is -2.53. The van der Waals surface area contributed by atoms with E-state index in [0.717, 1.165) is 63.0 Å². The molecule has 0 bridgehead atoms. The lowest BCUT2D eigenvalue weighted by atomic mass is 9.97. The van der Waals surface area contributed by atoms with E-state index >= 15 is 0 Å². The van der Waals surface area contributed by atoms with E-state index in [0.29, 0.717) is 22.2 Å². The summed E-state index contributed by atoms with van der Waals surface area (Å²) in [6.07, 6.45) is -7.35. The number of halogens is 3. The first-order valence-electron chi connectivity index (χ1n) is 9.86. The Bertz CT molecular complexity index is 885. The molecule has 4 rings (SSSR count). The predicted octanol–water partition coefficient (Wildman–Crippen LogP) is 2.39. The summed E-state index contributed by atoms with van der Waals surface area (Å²) in [6, 6.07) is 5.31. The summed E-state index contributed by atoms with van der Waals surface area (Å²) in [7, 11) is 0. The summed E-state index contributed by atoms with van der Waals surface area (Å²) in [5, 5.41) is 11.1. The molecule has 1 aromatic heterocycles. The van der Waals surface area contributed by atoms with Crippen LogP contribution in [0.5, 0.6) is 0 Å². The minimum Gasteiger partial charge on any atom is -0.379 e. The Kier molecular flexibility index (Phi) is 6.65. The monoisotopic (exact) mass is 459 g/mol. The number of nitrogens with one attached hydrogen (secondary N) is 1. The van der Waals surface area contributed by atoms with Crippen LogP contribution in [0.3, 0.4) is 0 Å². The highest BCUT2D eigenvalue weighted by atomic mass is 32.1. The number of rotatable bonds is 7. The first-order chi connectivity index (χ1) is 14.8. The van der Waals surface area contributed by atoms with Crippen LogP contribution in [0.15, 0.2) is 23.6 Å². The molecule has 0 amide bonds. The van der Waals surface area contributed by atoms with Crippen molar-refractivity contribution in [2.75, 3.05) is 56.3 Å². The second-order valence-corrected chi connectivity index (χ2v) is 8.52. The topological polar surface area (TPSA) is 96.1 Å². The van der Waals surface area contributed by atoms with Crippen molar-refractivity contribution in [2.45, 2.75) is 12.3 Å². The fourth-order valence-electron chi connectivity index (χ4n) is 3.82. The number of aromatic nitrogens is 1. The molecule has 2 saturated heterocycles. The van der Waals surface area contributed by atoms with Crippen molar-refractivity contribution >= 4 is 22.7 Å². The molecular weight excluding hydrogens is 435 g/mol. The lowest BCUT2D eigenvalue weighted by molar-refractivity contribution is -0.207. The van der Waals surface area contributed by atoms with Gasteiger partial charge in [0.05, 0.1) is 30.3 Å². The number of hydrogen-bond donors (Lipinski definition) is 3. The molecule has 1 unspecified atom stereocenters. The zero-order valence-electron chi connectivity index (χ0n) is 16.6. The van der Waals surface area contributed by atoms with Crippen LogP contribution < -0.4 is 16.3 Å². The molecule has 31 heavy (non-hydrogen) atoms. The van der Waals surface area contributed by atoms with Gasteiger partial charge in [-0.2, -0.15) is 24.0 Å². The molecule has 0 saturated carbocycles. The van der Waals surface area contributed by atoms with E-state index in [1.807, 2.05) is 6.07 Å². The van der Waals surface area contributed by atoms with Crippen molar-refractivity contribution in [3.8, 4) is 10.6 Å². The first kappa shape index (κ1) is 22.2. The highest BCUT2D eigenvalue weighted by molar-refractivity contribution is 7.13. The van der Waals surface area contributed by atoms with Crippen molar-refractivity contribution in [3.63, 3.8) is 0 Å². The van der Waals surface area contributed by atoms with Gasteiger partial charge in [-0.15, -0.1) is 11.3 Å². The third-order valence-corrected chi connectivity index (χ3v) is 6.35. The number of aliphatic hydroxyl groups is 1. The maximum Gasteiger partial charge on any atom is 0.420 e. The Hall–Kier alpha value is -1.96. The molecule has 2 aromatic rings. The van der Waals surface area contributed by atoms with Gasteiger partial charge < -0.3 is 14.7 Å². The Balaban J connectivity index is 1.48. The Morgan fingerprint density at radius 2 is 2.06 bits per heavy atom. The number of hydrogen-bond acceptors (Lipinski definition) is 9. The molecule has 8 nitrogen and oxygen atoms in total. The second-order valence-electron chi connectivity index (χ2n) is 7.66. The molecule has 12 heteroatoms. The highest BCUT2D eigenvalue weighted by Crippen LogP contribution is 2.38. The number of morpholine rings is 1. The Morgan fingerprint density at radius 3 is 2.74 bits per heavy atom. The smallest absolute Gasteiger partial charge is 0.379 e. The zero-order valence-corrected chi connectivity index (χ0v) is 17.5. The fourth-order valence-corrected chi connectivity index (χ4v) is 4.65. The number of nitrogens with two attached hydrogens (primary N) is 1. The minimum absolute atomic E-state index is 0.394. The van der Waals surface area contributed by atoms with Crippen LogP contribution in [-0.2, 0) is 9.68 Å². The molecule has 4 N–H and O–H groups in total. The second kappa shape index (κ2) is 9.27. The number of ether oxygens (including phenoxy) is 1. The van der Waals surface area contributed by atoms with Crippen LogP contribution in [-0.4, -0.2) is 67.1 Å². The van der Waals surface area contributed by atoms with E-state index in [1.165, 1.54) is 5.38 Å². The molecular formula is C19H24F3N5O3S. The van der Waals surface area contributed by atoms with Crippen molar-refractivity contribution in [2.24, 2.45) is 11.8 Å². The third-order valence-electron chi connectivity index (χ3n) is 5.44. The number of thiazole rings is 1. The molecule has 1 atom stereocenters. The fraction of sp³-hybridized carbons (Fsp3) is 0.526. The van der Waals surface area contributed by atoms with Crippen molar-refractivity contribution in [3.05, 3.63) is 29.3 Å². The van der Waals surface area contributed by atoms with E-state index in [-0.39, 0.29) is 0 Å². The van der Waals surface area contributed by atoms with Gasteiger partial charge in [0.25, 0.3) is 0 Å². The number of nitrogens with zero attached hydrogens (tertiary/aromatic N) is 3. The molecule has 2 fully saturated rings. The van der Waals surface area contributed by atoms with Gasteiger partial charge in [0.1, 0.15) is 5.01 Å².